The van der Waals surface area contributed by atoms with E-state index in [1.54, 1.807) is 19.1 Å². The molecule has 0 radical (unpaired) electrons. The zero-order chi connectivity index (χ0) is 18.9. The van der Waals surface area contributed by atoms with Crippen LogP contribution >= 0.6 is 11.6 Å². The van der Waals surface area contributed by atoms with E-state index in [-0.39, 0.29) is 23.9 Å². The monoisotopic (exact) mass is 392 g/mol. The molecule has 2 aromatic rings. The van der Waals surface area contributed by atoms with Crippen LogP contribution in [0.5, 0.6) is 0 Å². The Morgan fingerprint density at radius 3 is 2.42 bits per heavy atom. The summed E-state index contributed by atoms with van der Waals surface area (Å²) in [5.41, 5.74) is 1.39. The van der Waals surface area contributed by atoms with Crippen LogP contribution in [0.4, 0.5) is 5.69 Å². The fourth-order valence-electron chi connectivity index (χ4n) is 2.75. The lowest BCUT2D eigenvalue weighted by Crippen LogP contribution is -2.30. The Balaban J connectivity index is 1.72. The highest BCUT2D eigenvalue weighted by atomic mass is 35.5. The van der Waals surface area contributed by atoms with Crippen LogP contribution in [0.25, 0.3) is 0 Å². The molecule has 6 nitrogen and oxygen atoms in total. The van der Waals surface area contributed by atoms with Gasteiger partial charge in [-0.25, -0.2) is 12.7 Å². The number of sulfonamides is 1. The van der Waals surface area contributed by atoms with E-state index >= 15 is 0 Å². The summed E-state index contributed by atoms with van der Waals surface area (Å²) in [7, 11) is -3.65. The largest absolute Gasteiger partial charge is 0.348 e. The molecule has 1 aliphatic rings. The number of halogens is 1. The SMILES string of the molecule is C[C@H]1CS(=O)(=O)N(c2ccc(C(=O)NCc3ccccc3Cl)cc2)C1=O. The highest BCUT2D eigenvalue weighted by Gasteiger charge is 2.41. The zero-order valence-corrected chi connectivity index (χ0v) is 15.5. The molecule has 3 rings (SSSR count). The van der Waals surface area contributed by atoms with Gasteiger partial charge in [-0.2, -0.15) is 0 Å². The topological polar surface area (TPSA) is 83.6 Å². The Bertz CT molecular complexity index is 957. The van der Waals surface area contributed by atoms with Crippen molar-refractivity contribution >= 4 is 39.1 Å². The highest BCUT2D eigenvalue weighted by Crippen LogP contribution is 2.28. The van der Waals surface area contributed by atoms with Crippen molar-refractivity contribution in [2.75, 3.05) is 10.1 Å². The summed E-state index contributed by atoms with van der Waals surface area (Å²) in [6.07, 6.45) is 0. The number of anilines is 1. The molecule has 2 aromatic carbocycles. The summed E-state index contributed by atoms with van der Waals surface area (Å²) in [6.45, 7) is 1.85. The number of hydrogen-bond acceptors (Lipinski definition) is 4. The summed E-state index contributed by atoms with van der Waals surface area (Å²) in [4.78, 5) is 24.3. The Morgan fingerprint density at radius 2 is 1.85 bits per heavy atom. The van der Waals surface area contributed by atoms with Crippen molar-refractivity contribution in [1.29, 1.82) is 0 Å². The van der Waals surface area contributed by atoms with Crippen LogP contribution < -0.4 is 9.62 Å². The summed E-state index contributed by atoms with van der Waals surface area (Å²) < 4.78 is 25.0. The second-order valence-electron chi connectivity index (χ2n) is 6.10. The molecule has 0 aromatic heterocycles. The standard InChI is InChI=1S/C18H17ClN2O4S/c1-12-11-26(24,25)21(18(12)23)15-8-6-13(7-9-15)17(22)20-10-14-4-2-3-5-16(14)19/h2-9,12H,10-11H2,1H3,(H,20,22)/t12-/m0/s1. The Hall–Kier alpha value is -2.38. The summed E-state index contributed by atoms with van der Waals surface area (Å²) in [6, 6.07) is 13.1. The second kappa shape index (κ2) is 7.09. The van der Waals surface area contributed by atoms with E-state index in [1.165, 1.54) is 24.3 Å². The van der Waals surface area contributed by atoms with E-state index in [2.05, 4.69) is 5.32 Å². The quantitative estimate of drug-likeness (QED) is 0.866. The van der Waals surface area contributed by atoms with Gasteiger partial charge in [-0.05, 0) is 35.9 Å². The molecule has 0 spiro atoms. The number of carbonyl (C=O) groups is 2. The highest BCUT2D eigenvalue weighted by molar-refractivity contribution is 7.94. The Labute approximate surface area is 156 Å². The maximum absolute atomic E-state index is 12.3. The molecule has 0 bridgehead atoms. The summed E-state index contributed by atoms with van der Waals surface area (Å²) >= 11 is 6.05. The normalized spacial score (nSPS) is 18.8. The van der Waals surface area contributed by atoms with Crippen LogP contribution in [0.15, 0.2) is 48.5 Å². The molecule has 1 aliphatic heterocycles. The van der Waals surface area contributed by atoms with Crippen molar-refractivity contribution in [2.45, 2.75) is 13.5 Å². The molecule has 0 saturated carbocycles. The van der Waals surface area contributed by atoms with Crippen molar-refractivity contribution in [1.82, 2.24) is 5.32 Å². The average Bonchev–Trinajstić information content (AvgIpc) is 2.81. The van der Waals surface area contributed by atoms with E-state index in [0.29, 0.717) is 10.6 Å². The molecule has 136 valence electrons. The van der Waals surface area contributed by atoms with Gasteiger partial charge in [0, 0.05) is 17.1 Å². The number of hydrogen-bond donors (Lipinski definition) is 1. The maximum Gasteiger partial charge on any atom is 0.251 e. The fraction of sp³-hybridized carbons (Fsp3) is 0.222. The first kappa shape index (κ1) is 18.4. The van der Waals surface area contributed by atoms with E-state index in [0.717, 1.165) is 9.87 Å². The molecule has 1 saturated heterocycles. The van der Waals surface area contributed by atoms with Gasteiger partial charge in [0.1, 0.15) is 0 Å². The van der Waals surface area contributed by atoms with Gasteiger partial charge in [-0.1, -0.05) is 36.7 Å². The van der Waals surface area contributed by atoms with Crippen molar-refractivity contribution in [3.8, 4) is 0 Å². The molecular formula is C18H17ClN2O4S. The third kappa shape index (κ3) is 3.59. The number of benzene rings is 2. The van der Waals surface area contributed by atoms with Gasteiger partial charge >= 0.3 is 0 Å². The molecular weight excluding hydrogens is 376 g/mol. The minimum atomic E-state index is -3.65. The van der Waals surface area contributed by atoms with Crippen molar-refractivity contribution < 1.29 is 18.0 Å². The van der Waals surface area contributed by atoms with E-state index in [9.17, 15) is 18.0 Å². The molecule has 1 fully saturated rings. The van der Waals surface area contributed by atoms with Gasteiger partial charge in [0.2, 0.25) is 15.9 Å². The third-order valence-electron chi connectivity index (χ3n) is 4.12. The molecule has 0 aliphatic carbocycles. The number of amides is 2. The van der Waals surface area contributed by atoms with E-state index in [4.69, 9.17) is 11.6 Å². The minimum absolute atomic E-state index is 0.202. The molecule has 1 atom stereocenters. The molecule has 8 heteroatoms. The van der Waals surface area contributed by atoms with Crippen molar-refractivity contribution in [3.05, 3.63) is 64.7 Å². The van der Waals surface area contributed by atoms with Crippen LogP contribution in [0.2, 0.25) is 5.02 Å². The lowest BCUT2D eigenvalue weighted by atomic mass is 10.1. The maximum atomic E-state index is 12.3. The zero-order valence-electron chi connectivity index (χ0n) is 14.0. The van der Waals surface area contributed by atoms with Crippen LogP contribution in [0, 0.1) is 5.92 Å². The Kier molecular flexibility index (Phi) is 5.02. The molecule has 2 amide bonds. The van der Waals surface area contributed by atoms with Gasteiger partial charge in [0.05, 0.1) is 17.4 Å². The fourth-order valence-corrected chi connectivity index (χ4v) is 4.78. The van der Waals surface area contributed by atoms with Gasteiger partial charge in [0.15, 0.2) is 0 Å². The van der Waals surface area contributed by atoms with Crippen LogP contribution in [-0.4, -0.2) is 26.0 Å². The predicted octanol–water partition coefficient (Wildman–Crippen LogP) is 2.58. The number of nitrogens with zero attached hydrogens (tertiary/aromatic N) is 1. The summed E-state index contributed by atoms with van der Waals surface area (Å²) in [5, 5.41) is 3.32. The molecule has 1 heterocycles. The minimum Gasteiger partial charge on any atom is -0.348 e. The first-order chi connectivity index (χ1) is 12.3. The second-order valence-corrected chi connectivity index (χ2v) is 8.37. The van der Waals surface area contributed by atoms with Gasteiger partial charge < -0.3 is 5.32 Å². The van der Waals surface area contributed by atoms with Gasteiger partial charge in [0.25, 0.3) is 5.91 Å². The molecule has 1 N–H and O–H groups in total. The smallest absolute Gasteiger partial charge is 0.251 e. The number of rotatable bonds is 4. The predicted molar refractivity (Wildman–Crippen MR) is 99.5 cm³/mol. The molecule has 26 heavy (non-hydrogen) atoms. The van der Waals surface area contributed by atoms with Crippen LogP contribution in [0.1, 0.15) is 22.8 Å². The number of carbonyl (C=O) groups excluding carboxylic acids is 2. The third-order valence-corrected chi connectivity index (χ3v) is 6.36. The first-order valence-corrected chi connectivity index (χ1v) is 9.97. The lowest BCUT2D eigenvalue weighted by Gasteiger charge is -2.15. The molecule has 0 unspecified atom stereocenters. The van der Waals surface area contributed by atoms with Crippen LogP contribution in [0.3, 0.4) is 0 Å². The van der Waals surface area contributed by atoms with Crippen molar-refractivity contribution in [2.24, 2.45) is 5.92 Å². The Morgan fingerprint density at radius 1 is 1.19 bits per heavy atom. The van der Waals surface area contributed by atoms with Gasteiger partial charge in [-0.15, -0.1) is 0 Å². The van der Waals surface area contributed by atoms with E-state index < -0.39 is 21.8 Å². The summed E-state index contributed by atoms with van der Waals surface area (Å²) in [5.74, 6) is -1.55. The van der Waals surface area contributed by atoms with Crippen molar-refractivity contribution in [3.63, 3.8) is 0 Å². The first-order valence-electron chi connectivity index (χ1n) is 7.98. The number of nitrogens with one attached hydrogen (secondary N) is 1. The van der Waals surface area contributed by atoms with Crippen LogP contribution in [-0.2, 0) is 21.4 Å². The average molecular weight is 393 g/mol. The van der Waals surface area contributed by atoms with Gasteiger partial charge in [-0.3, -0.25) is 9.59 Å². The van der Waals surface area contributed by atoms with E-state index in [1.807, 2.05) is 12.1 Å². The lowest BCUT2D eigenvalue weighted by molar-refractivity contribution is -0.119.